The zero-order chi connectivity index (χ0) is 11.6. The highest BCUT2D eigenvalue weighted by Crippen LogP contribution is 2.34. The molecule has 1 aromatic carbocycles. The van der Waals surface area contributed by atoms with Crippen LogP contribution >= 0.6 is 11.6 Å². The summed E-state index contributed by atoms with van der Waals surface area (Å²) in [6, 6.07) is 6.13. The van der Waals surface area contributed by atoms with Gasteiger partial charge in [0.15, 0.2) is 0 Å². The lowest BCUT2D eigenvalue weighted by molar-refractivity contribution is 0.112. The molecular weight excluding hydrogens is 232 g/mol. The Morgan fingerprint density at radius 1 is 1.31 bits per heavy atom. The first-order valence-electron chi connectivity index (χ1n) is 4.29. The SMILES string of the molecule is O=Cc1ccc(C2(N=O)N=NC(Cl)=N2)cc1. The number of carbonyl (C=O) groups excluding carboxylic acids is 1. The normalized spacial score (nSPS) is 22.9. The molecule has 1 heterocycles. The molecule has 0 bridgehead atoms. The molecule has 0 aromatic heterocycles. The van der Waals surface area contributed by atoms with Crippen LogP contribution in [0, 0.1) is 4.91 Å². The molecule has 6 nitrogen and oxygen atoms in total. The van der Waals surface area contributed by atoms with Gasteiger partial charge in [0.2, 0.25) is 5.29 Å². The van der Waals surface area contributed by atoms with Crippen LogP contribution in [0.4, 0.5) is 0 Å². The average Bonchev–Trinajstić information content (AvgIpc) is 2.72. The predicted octanol–water partition coefficient (Wildman–Crippen LogP) is 2.44. The number of hydrogen-bond donors (Lipinski definition) is 0. The highest BCUT2D eigenvalue weighted by molar-refractivity contribution is 6.65. The zero-order valence-corrected chi connectivity index (χ0v) is 8.63. The number of halogens is 1. The number of carbonyl (C=O) groups is 1. The summed E-state index contributed by atoms with van der Waals surface area (Å²) in [6.07, 6.45) is 0.692. The second-order valence-electron chi connectivity index (χ2n) is 3.05. The number of nitrogens with zero attached hydrogens (tertiary/aromatic N) is 4. The fourth-order valence-electron chi connectivity index (χ4n) is 1.28. The third kappa shape index (κ3) is 1.63. The smallest absolute Gasteiger partial charge is 0.298 e. The van der Waals surface area contributed by atoms with E-state index < -0.39 is 5.79 Å². The maximum Gasteiger partial charge on any atom is 0.331 e. The van der Waals surface area contributed by atoms with Crippen molar-refractivity contribution in [3.63, 3.8) is 0 Å². The van der Waals surface area contributed by atoms with E-state index in [1.165, 1.54) is 24.3 Å². The van der Waals surface area contributed by atoms with Gasteiger partial charge in [-0.15, -0.1) is 15.1 Å². The lowest BCUT2D eigenvalue weighted by Crippen LogP contribution is -2.14. The van der Waals surface area contributed by atoms with Gasteiger partial charge in [0, 0.05) is 11.1 Å². The van der Waals surface area contributed by atoms with E-state index in [2.05, 4.69) is 20.4 Å². The van der Waals surface area contributed by atoms with Crippen LogP contribution in [0.2, 0.25) is 0 Å². The molecule has 1 aliphatic heterocycles. The molecule has 80 valence electrons. The Hall–Kier alpha value is -1.95. The summed E-state index contributed by atoms with van der Waals surface area (Å²) in [5.41, 5.74) is 0.891. The molecule has 0 spiro atoms. The van der Waals surface area contributed by atoms with E-state index in [1.54, 1.807) is 0 Å². The minimum atomic E-state index is -1.64. The summed E-state index contributed by atoms with van der Waals surface area (Å²) in [4.78, 5) is 25.0. The number of rotatable bonds is 3. The van der Waals surface area contributed by atoms with Crippen molar-refractivity contribution in [3.8, 4) is 0 Å². The number of benzene rings is 1. The van der Waals surface area contributed by atoms with Crippen LogP contribution in [-0.4, -0.2) is 11.6 Å². The summed E-state index contributed by atoms with van der Waals surface area (Å²) < 4.78 is 0. The van der Waals surface area contributed by atoms with E-state index in [9.17, 15) is 9.70 Å². The quantitative estimate of drug-likeness (QED) is 0.459. The van der Waals surface area contributed by atoms with Gasteiger partial charge < -0.3 is 0 Å². The first-order valence-corrected chi connectivity index (χ1v) is 4.66. The maximum atomic E-state index is 10.8. The monoisotopic (exact) mass is 236 g/mol. The molecule has 0 amide bonds. The van der Waals surface area contributed by atoms with Gasteiger partial charge in [0.05, 0.1) is 0 Å². The maximum absolute atomic E-state index is 10.8. The highest BCUT2D eigenvalue weighted by atomic mass is 35.5. The fraction of sp³-hybridized carbons (Fsp3) is 0.111. The van der Waals surface area contributed by atoms with E-state index in [0.29, 0.717) is 17.4 Å². The third-order valence-corrected chi connectivity index (χ3v) is 2.24. The fourth-order valence-corrected chi connectivity index (χ4v) is 1.44. The van der Waals surface area contributed by atoms with Crippen LogP contribution in [-0.2, 0) is 5.79 Å². The second kappa shape index (κ2) is 3.90. The third-order valence-electron chi connectivity index (χ3n) is 2.08. The van der Waals surface area contributed by atoms with Gasteiger partial charge in [-0.05, 0) is 16.8 Å². The van der Waals surface area contributed by atoms with Crippen molar-refractivity contribution in [2.24, 2.45) is 20.4 Å². The van der Waals surface area contributed by atoms with Crippen molar-refractivity contribution < 1.29 is 4.79 Å². The number of nitroso groups, excluding NO2 is 1. The number of aliphatic imine (C=N–C) groups is 1. The summed E-state index contributed by atoms with van der Waals surface area (Å²) in [6.45, 7) is 0. The van der Waals surface area contributed by atoms with Crippen LogP contribution in [0.3, 0.4) is 0 Å². The lowest BCUT2D eigenvalue weighted by atomic mass is 10.1. The van der Waals surface area contributed by atoms with Gasteiger partial charge in [-0.2, -0.15) is 4.99 Å². The van der Waals surface area contributed by atoms with Crippen LogP contribution in [0.15, 0.2) is 44.7 Å². The highest BCUT2D eigenvalue weighted by Gasteiger charge is 2.37. The van der Waals surface area contributed by atoms with Crippen molar-refractivity contribution in [1.29, 1.82) is 0 Å². The van der Waals surface area contributed by atoms with E-state index in [4.69, 9.17) is 11.6 Å². The molecule has 1 unspecified atom stereocenters. The molecule has 0 radical (unpaired) electrons. The summed E-state index contributed by atoms with van der Waals surface area (Å²) >= 11 is 5.52. The molecule has 0 N–H and O–H groups in total. The molecule has 0 aliphatic carbocycles. The Bertz CT molecular complexity index is 497. The number of azo groups is 1. The van der Waals surface area contributed by atoms with Crippen molar-refractivity contribution >= 4 is 23.2 Å². The Morgan fingerprint density at radius 2 is 2.00 bits per heavy atom. The Kier molecular flexibility index (Phi) is 2.57. The van der Waals surface area contributed by atoms with Crippen molar-refractivity contribution in [3.05, 3.63) is 40.3 Å². The summed E-state index contributed by atoms with van der Waals surface area (Å²) in [7, 11) is 0. The Balaban J connectivity index is 2.46. The van der Waals surface area contributed by atoms with Crippen molar-refractivity contribution in [2.45, 2.75) is 5.79 Å². The van der Waals surface area contributed by atoms with Gasteiger partial charge in [-0.3, -0.25) is 4.79 Å². The zero-order valence-electron chi connectivity index (χ0n) is 7.87. The van der Waals surface area contributed by atoms with Crippen LogP contribution in [0.1, 0.15) is 15.9 Å². The molecule has 7 heteroatoms. The summed E-state index contributed by atoms with van der Waals surface area (Å²) in [5, 5.41) is 9.77. The number of amidine groups is 1. The van der Waals surface area contributed by atoms with Crippen LogP contribution in [0.25, 0.3) is 0 Å². The predicted molar refractivity (Wildman–Crippen MR) is 57.4 cm³/mol. The molecular formula is C9H5ClN4O2. The molecule has 16 heavy (non-hydrogen) atoms. The second-order valence-corrected chi connectivity index (χ2v) is 3.39. The largest absolute Gasteiger partial charge is 0.331 e. The van der Waals surface area contributed by atoms with Crippen molar-refractivity contribution in [2.75, 3.05) is 0 Å². The minimum Gasteiger partial charge on any atom is -0.298 e. The van der Waals surface area contributed by atoms with Crippen molar-refractivity contribution in [1.82, 2.24) is 0 Å². The molecule has 0 saturated carbocycles. The molecule has 2 rings (SSSR count). The van der Waals surface area contributed by atoms with Gasteiger partial charge in [-0.25, -0.2) is 0 Å². The molecule has 0 saturated heterocycles. The molecule has 1 aromatic rings. The van der Waals surface area contributed by atoms with E-state index in [-0.39, 0.29) is 5.29 Å². The van der Waals surface area contributed by atoms with Gasteiger partial charge in [0.25, 0.3) is 0 Å². The minimum absolute atomic E-state index is 0.126. The Morgan fingerprint density at radius 3 is 2.44 bits per heavy atom. The van der Waals surface area contributed by atoms with Crippen LogP contribution < -0.4 is 0 Å². The Labute approximate surface area is 95.0 Å². The number of aldehydes is 1. The first kappa shape index (κ1) is 10.6. The van der Waals surface area contributed by atoms with Crippen LogP contribution in [0.5, 0.6) is 0 Å². The van der Waals surface area contributed by atoms with E-state index in [0.717, 1.165) is 0 Å². The molecule has 1 aliphatic rings. The topological polar surface area (TPSA) is 83.6 Å². The standard InChI is InChI=1S/C9H5ClN4O2/c10-8-11-9(14-16,13-12-8)7-3-1-6(5-15)2-4-7/h1-5H. The average molecular weight is 237 g/mol. The molecule has 1 atom stereocenters. The molecule has 0 fully saturated rings. The van der Waals surface area contributed by atoms with Gasteiger partial charge in [-0.1, -0.05) is 24.3 Å². The van der Waals surface area contributed by atoms with Gasteiger partial charge in [0.1, 0.15) is 6.29 Å². The lowest BCUT2D eigenvalue weighted by Gasteiger charge is -2.11. The first-order chi connectivity index (χ1) is 7.70. The van der Waals surface area contributed by atoms with E-state index in [1.807, 2.05) is 0 Å². The van der Waals surface area contributed by atoms with Gasteiger partial charge >= 0.3 is 5.79 Å². The number of hydrogen-bond acceptors (Lipinski definition) is 6. The van der Waals surface area contributed by atoms with E-state index >= 15 is 0 Å². The summed E-state index contributed by atoms with van der Waals surface area (Å²) in [5.74, 6) is -1.64.